The van der Waals surface area contributed by atoms with Gasteiger partial charge in [-0.15, -0.1) is 0 Å². The number of ether oxygens (including phenoxy) is 2. The number of halogens is 2. The van der Waals surface area contributed by atoms with Crippen LogP contribution >= 0.6 is 45.2 Å². The smallest absolute Gasteiger partial charge is 0.261 e. The second-order valence-corrected chi connectivity index (χ2v) is 16.3. The van der Waals surface area contributed by atoms with Gasteiger partial charge in [0.15, 0.2) is 13.2 Å². The lowest BCUT2D eigenvalue weighted by molar-refractivity contribution is -0.142. The van der Waals surface area contributed by atoms with Crippen LogP contribution in [0.2, 0.25) is 0 Å². The third-order valence-corrected chi connectivity index (χ3v) is 10.7. The molecular formula is C34H54I2N6O20. The fraction of sp³-hybridized carbons (Fsp3) is 0.647. The Labute approximate surface area is 381 Å². The Hall–Kier alpha value is -3.38. The molecule has 0 aliphatic carbocycles. The summed E-state index contributed by atoms with van der Waals surface area (Å²) in [5.41, 5.74) is -7.57. The molecule has 0 saturated heterocycles. The molecule has 0 bridgehead atoms. The molecule has 354 valence electrons. The largest absolute Gasteiger partial charge is 0.483 e. The van der Waals surface area contributed by atoms with Crippen LogP contribution < -0.4 is 30.7 Å². The second-order valence-electron chi connectivity index (χ2n) is 14.0. The zero-order valence-corrected chi connectivity index (χ0v) is 37.5. The van der Waals surface area contributed by atoms with E-state index in [0.717, 1.165) is 0 Å². The van der Waals surface area contributed by atoms with Crippen LogP contribution in [0.15, 0.2) is 12.1 Å². The number of carbonyl (C=O) groups excluding carboxylic acids is 6. The van der Waals surface area contributed by atoms with Crippen LogP contribution in [0.5, 0.6) is 11.5 Å². The average molecular weight is 1120 g/mol. The highest BCUT2D eigenvalue weighted by Gasteiger charge is 2.36. The summed E-state index contributed by atoms with van der Waals surface area (Å²) in [6.45, 7) is -16.1. The van der Waals surface area contributed by atoms with Crippen molar-refractivity contribution in [1.82, 2.24) is 31.1 Å². The molecule has 0 aliphatic heterocycles. The minimum Gasteiger partial charge on any atom is -0.483 e. The van der Waals surface area contributed by atoms with Gasteiger partial charge in [0, 0.05) is 0 Å². The highest BCUT2D eigenvalue weighted by atomic mass is 127. The second kappa shape index (κ2) is 27.1. The predicted molar refractivity (Wildman–Crippen MR) is 225 cm³/mol. The first-order valence-electron chi connectivity index (χ1n) is 18.1. The summed E-state index contributed by atoms with van der Waals surface area (Å²) in [5.74, 6) is -6.04. The maximum absolute atomic E-state index is 13.4. The highest BCUT2D eigenvalue weighted by Crippen LogP contribution is 2.31. The summed E-state index contributed by atoms with van der Waals surface area (Å²) in [6.07, 6.45) is 0. The Morgan fingerprint density at radius 1 is 0.419 bits per heavy atom. The molecule has 16 N–H and O–H groups in total. The number of nitrogens with zero attached hydrogens (tertiary/aromatic N) is 2. The predicted octanol–water partition coefficient (Wildman–Crippen LogP) is -9.36. The van der Waals surface area contributed by atoms with Gasteiger partial charge in [0.25, 0.3) is 11.8 Å². The van der Waals surface area contributed by atoms with Gasteiger partial charge < -0.3 is 102 Å². The number of nitrogens with one attached hydrogen (secondary N) is 4. The summed E-state index contributed by atoms with van der Waals surface area (Å²) < 4.78 is 11.9. The van der Waals surface area contributed by atoms with Crippen LogP contribution in [0.3, 0.4) is 0 Å². The van der Waals surface area contributed by atoms with Crippen molar-refractivity contribution in [1.29, 1.82) is 0 Å². The number of aliphatic hydroxyl groups is 12. The van der Waals surface area contributed by atoms with E-state index in [4.69, 9.17) is 9.47 Å². The van der Waals surface area contributed by atoms with Gasteiger partial charge in [-0.25, -0.2) is 0 Å². The first-order chi connectivity index (χ1) is 29.3. The number of amides is 6. The number of rotatable bonds is 30. The summed E-state index contributed by atoms with van der Waals surface area (Å²) >= 11 is 3.56. The number of hydrogen-bond donors (Lipinski definition) is 16. The lowest BCUT2D eigenvalue weighted by atomic mass is 10.0. The molecule has 0 spiro atoms. The molecule has 0 unspecified atom stereocenters. The number of carbonyl (C=O) groups is 6. The van der Waals surface area contributed by atoms with Gasteiger partial charge in [-0.05, 0) is 57.3 Å². The molecule has 0 atom stereocenters. The maximum atomic E-state index is 13.4. The maximum Gasteiger partial charge on any atom is 0.261 e. The topological polar surface area (TPSA) is 418 Å². The van der Waals surface area contributed by atoms with Gasteiger partial charge in [-0.1, -0.05) is 0 Å². The van der Waals surface area contributed by atoms with E-state index in [-0.39, 0.29) is 18.6 Å². The fourth-order valence-electron chi connectivity index (χ4n) is 4.77. The number of aliphatic hydroxyl groups excluding tert-OH is 12. The molecule has 1 rings (SSSR count). The zero-order valence-electron chi connectivity index (χ0n) is 33.2. The Bertz CT molecular complexity index is 1420. The van der Waals surface area contributed by atoms with E-state index in [9.17, 15) is 90.0 Å². The summed E-state index contributed by atoms with van der Waals surface area (Å²) in [5, 5.41) is 124. The molecule has 0 saturated carbocycles. The van der Waals surface area contributed by atoms with Crippen molar-refractivity contribution < 1.29 is 99.5 Å². The van der Waals surface area contributed by atoms with E-state index in [1.807, 2.05) is 0 Å². The van der Waals surface area contributed by atoms with Crippen LogP contribution in [0.1, 0.15) is 0 Å². The van der Waals surface area contributed by atoms with Crippen LogP contribution in [-0.2, 0) is 28.8 Å². The van der Waals surface area contributed by atoms with Crippen molar-refractivity contribution in [3.8, 4) is 11.5 Å². The normalized spacial score (nSPS) is 12.0. The highest BCUT2D eigenvalue weighted by molar-refractivity contribution is 14.1. The molecule has 0 aromatic heterocycles. The fourth-order valence-corrected chi connectivity index (χ4v) is 5.95. The monoisotopic (exact) mass is 1120 g/mol. The number of benzene rings is 1. The Balaban J connectivity index is 3.29. The molecular weight excluding hydrogens is 1070 g/mol. The summed E-state index contributed by atoms with van der Waals surface area (Å²) in [7, 11) is 0. The molecule has 28 heteroatoms. The van der Waals surface area contributed by atoms with Crippen LogP contribution in [0.25, 0.3) is 0 Å². The molecule has 0 fully saturated rings. The Morgan fingerprint density at radius 2 is 0.613 bits per heavy atom. The third-order valence-electron chi connectivity index (χ3n) is 8.98. The standard InChI is InChI=1S/C34H54I2N6O20/c35-21-1-23(61-7-29(59)41(3-25(55)37-31(9-43,10-44)11-45)4-26(56)38-32(12-46,13-47)14-48)22(36)2-24(21)62-8-30(60)42(5-27(57)39-33(15-49,16-50)17-51)6-28(58)40-34(18-52,19-53)20-54/h1-2,43-54H,3-20H2,(H,37,55)(H,38,56)(H,39,57)(H,40,58). The third kappa shape index (κ3) is 16.6. The lowest BCUT2D eigenvalue weighted by Crippen LogP contribution is -2.61. The average Bonchev–Trinajstić information content (AvgIpc) is 3.27. The molecule has 1 aromatic rings. The van der Waals surface area contributed by atoms with Crippen molar-refractivity contribution in [2.24, 2.45) is 0 Å². The summed E-state index contributed by atoms with van der Waals surface area (Å²) in [6, 6.07) is 2.73. The van der Waals surface area contributed by atoms with Gasteiger partial charge >= 0.3 is 0 Å². The first kappa shape index (κ1) is 56.6. The van der Waals surface area contributed by atoms with Crippen molar-refractivity contribution in [2.45, 2.75) is 22.2 Å². The molecule has 1 aromatic carbocycles. The van der Waals surface area contributed by atoms with E-state index in [2.05, 4.69) is 21.3 Å². The minimum absolute atomic E-state index is 0.0471. The van der Waals surface area contributed by atoms with Gasteiger partial charge in [0.1, 0.15) is 59.8 Å². The quantitative estimate of drug-likeness (QED) is 0.0318. The van der Waals surface area contributed by atoms with E-state index in [0.29, 0.717) is 9.80 Å². The first-order valence-corrected chi connectivity index (χ1v) is 20.3. The van der Waals surface area contributed by atoms with Crippen LogP contribution in [0, 0.1) is 7.14 Å². The van der Waals surface area contributed by atoms with E-state index in [1.165, 1.54) is 12.1 Å². The zero-order chi connectivity index (χ0) is 47.3. The Kier molecular flexibility index (Phi) is 24.7. The Morgan fingerprint density at radius 3 is 0.790 bits per heavy atom. The van der Waals surface area contributed by atoms with Crippen molar-refractivity contribution >= 4 is 80.6 Å². The van der Waals surface area contributed by atoms with Gasteiger partial charge in [0.2, 0.25) is 23.6 Å². The van der Waals surface area contributed by atoms with E-state index >= 15 is 0 Å². The molecule has 0 heterocycles. The molecule has 62 heavy (non-hydrogen) atoms. The van der Waals surface area contributed by atoms with Crippen LogP contribution in [-0.4, -0.2) is 247 Å². The van der Waals surface area contributed by atoms with E-state index in [1.54, 1.807) is 45.2 Å². The summed E-state index contributed by atoms with van der Waals surface area (Å²) in [4.78, 5) is 79.6. The lowest BCUT2D eigenvalue weighted by Gasteiger charge is -2.32. The molecule has 26 nitrogen and oxygen atoms in total. The van der Waals surface area contributed by atoms with Gasteiger partial charge in [-0.3, -0.25) is 28.8 Å². The minimum atomic E-state index is -1.89. The van der Waals surface area contributed by atoms with Crippen molar-refractivity contribution in [3.63, 3.8) is 0 Å². The SMILES string of the molecule is O=C(CN(CC(=O)NC(CO)(CO)CO)C(=O)COc1cc(I)c(OCC(=O)N(CC(=O)NC(CO)(CO)CO)CC(=O)NC(CO)(CO)CO)cc1I)NC(CO)(CO)CO. The molecule has 0 aliphatic rings. The van der Waals surface area contributed by atoms with Gasteiger partial charge in [-0.2, -0.15) is 0 Å². The van der Waals surface area contributed by atoms with Gasteiger partial charge in [0.05, 0.1) is 86.4 Å². The molecule has 0 radical (unpaired) electrons. The van der Waals surface area contributed by atoms with Crippen molar-refractivity contribution in [2.75, 3.05) is 119 Å². The van der Waals surface area contributed by atoms with Crippen LogP contribution in [0.4, 0.5) is 0 Å². The number of hydrogen-bond acceptors (Lipinski definition) is 20. The van der Waals surface area contributed by atoms with Crippen molar-refractivity contribution in [3.05, 3.63) is 19.3 Å². The molecule has 6 amide bonds. The van der Waals surface area contributed by atoms with E-state index < -0.39 is 176 Å².